The third-order valence-corrected chi connectivity index (χ3v) is 1.20. The Bertz CT molecular complexity index is 71.5. The monoisotopic (exact) mass is 132 g/mol. The molecular weight excluding hydrogens is 116 g/mol. The van der Waals surface area contributed by atoms with Crippen LogP contribution < -0.4 is 22.5 Å². The van der Waals surface area contributed by atoms with Crippen molar-refractivity contribution in [1.82, 2.24) is 10.9 Å². The highest BCUT2D eigenvalue weighted by molar-refractivity contribution is 4.73. The van der Waals surface area contributed by atoms with Gasteiger partial charge in [0, 0.05) is 0 Å². The lowest BCUT2D eigenvalue weighted by atomic mass is 9.93. The van der Waals surface area contributed by atoms with Crippen molar-refractivity contribution in [1.29, 1.82) is 0 Å². The summed E-state index contributed by atoms with van der Waals surface area (Å²) in [6.45, 7) is 6.12. The van der Waals surface area contributed by atoms with Gasteiger partial charge in [0.2, 0.25) is 0 Å². The Balaban J connectivity index is 3.79. The average Bonchev–Trinajstić information content (AvgIpc) is 1.65. The van der Waals surface area contributed by atoms with Crippen LogP contribution in [0.15, 0.2) is 0 Å². The first kappa shape index (κ1) is 8.84. The fourth-order valence-corrected chi connectivity index (χ4v) is 0.548. The Morgan fingerprint density at radius 2 is 1.44 bits per heavy atom. The third kappa shape index (κ3) is 2.76. The molecular formula is C5H16N4. The lowest BCUT2D eigenvalue weighted by Gasteiger charge is -2.28. The van der Waals surface area contributed by atoms with Gasteiger partial charge in [-0.15, -0.1) is 0 Å². The Morgan fingerprint density at radius 3 is 1.44 bits per heavy atom. The molecule has 0 aliphatic rings. The zero-order valence-electron chi connectivity index (χ0n) is 6.23. The van der Waals surface area contributed by atoms with E-state index in [0.717, 1.165) is 0 Å². The van der Waals surface area contributed by atoms with E-state index >= 15 is 0 Å². The number of hydrazine groups is 2. The van der Waals surface area contributed by atoms with E-state index in [1.165, 1.54) is 0 Å². The number of nitrogens with one attached hydrogen (secondary N) is 2. The molecule has 0 aliphatic heterocycles. The van der Waals surface area contributed by atoms with Gasteiger partial charge in [-0.1, -0.05) is 20.8 Å². The van der Waals surface area contributed by atoms with Crippen molar-refractivity contribution in [2.75, 3.05) is 0 Å². The summed E-state index contributed by atoms with van der Waals surface area (Å²) in [6, 6.07) is 0. The van der Waals surface area contributed by atoms with Crippen LogP contribution in [0.1, 0.15) is 20.8 Å². The fraction of sp³-hybridized carbons (Fsp3) is 1.00. The zero-order valence-corrected chi connectivity index (χ0v) is 6.23. The molecule has 4 nitrogen and oxygen atoms in total. The van der Waals surface area contributed by atoms with Gasteiger partial charge >= 0.3 is 0 Å². The molecule has 0 amide bonds. The highest BCUT2D eigenvalue weighted by atomic mass is 15.4. The van der Waals surface area contributed by atoms with Crippen LogP contribution in [0.4, 0.5) is 0 Å². The molecule has 0 aromatic rings. The lowest BCUT2D eigenvalue weighted by molar-refractivity contribution is 0.229. The Morgan fingerprint density at radius 1 is 1.11 bits per heavy atom. The molecule has 0 spiro atoms. The van der Waals surface area contributed by atoms with Crippen molar-refractivity contribution in [3.8, 4) is 0 Å². The normalized spacial score (nSPS) is 12.7. The minimum Gasteiger partial charge on any atom is -0.270 e. The van der Waals surface area contributed by atoms with Crippen molar-refractivity contribution in [2.45, 2.75) is 26.9 Å². The Hall–Kier alpha value is -0.160. The van der Waals surface area contributed by atoms with Crippen LogP contribution in [-0.2, 0) is 0 Å². The first-order valence-corrected chi connectivity index (χ1v) is 2.94. The van der Waals surface area contributed by atoms with Crippen LogP contribution in [0.25, 0.3) is 0 Å². The summed E-state index contributed by atoms with van der Waals surface area (Å²) in [5.41, 5.74) is 5.16. The molecule has 0 aliphatic carbocycles. The molecule has 0 radical (unpaired) electrons. The number of rotatable bonds is 2. The quantitative estimate of drug-likeness (QED) is 0.227. The standard InChI is InChI=1S/C5H16N4/c1-5(2,3)4(8-6)9-7/h4,8-9H,6-7H2,1-3H3. The van der Waals surface area contributed by atoms with Gasteiger partial charge in [0.1, 0.15) is 0 Å². The lowest BCUT2D eigenvalue weighted by Crippen LogP contribution is -2.56. The van der Waals surface area contributed by atoms with Crippen molar-refractivity contribution < 1.29 is 0 Å². The average molecular weight is 132 g/mol. The molecule has 0 fully saturated rings. The SMILES string of the molecule is CC(C)(C)C(NN)NN. The minimum absolute atomic E-state index is 0.0440. The summed E-state index contributed by atoms with van der Waals surface area (Å²) in [5.74, 6) is 10.4. The van der Waals surface area contributed by atoms with E-state index in [1.54, 1.807) is 0 Å². The number of nitrogens with two attached hydrogens (primary N) is 2. The van der Waals surface area contributed by atoms with Gasteiger partial charge in [0.15, 0.2) is 0 Å². The molecule has 9 heavy (non-hydrogen) atoms. The van der Waals surface area contributed by atoms with E-state index in [-0.39, 0.29) is 11.6 Å². The van der Waals surface area contributed by atoms with Crippen LogP contribution in [0.3, 0.4) is 0 Å². The molecule has 0 atom stereocenters. The van der Waals surface area contributed by atoms with Gasteiger partial charge in [-0.05, 0) is 5.41 Å². The second-order valence-electron chi connectivity index (χ2n) is 3.13. The molecule has 0 unspecified atom stereocenters. The summed E-state index contributed by atoms with van der Waals surface area (Å²) >= 11 is 0. The maximum Gasteiger partial charge on any atom is 0.0875 e. The molecule has 0 saturated carbocycles. The largest absolute Gasteiger partial charge is 0.270 e. The second-order valence-corrected chi connectivity index (χ2v) is 3.13. The van der Waals surface area contributed by atoms with Crippen molar-refractivity contribution in [3.05, 3.63) is 0 Å². The molecule has 0 saturated heterocycles. The van der Waals surface area contributed by atoms with Gasteiger partial charge in [0.05, 0.1) is 6.17 Å². The van der Waals surface area contributed by atoms with Gasteiger partial charge < -0.3 is 0 Å². The predicted molar refractivity (Wildman–Crippen MR) is 37.9 cm³/mol. The minimum atomic E-state index is -0.0440. The van der Waals surface area contributed by atoms with Crippen molar-refractivity contribution in [3.63, 3.8) is 0 Å². The van der Waals surface area contributed by atoms with Crippen LogP contribution >= 0.6 is 0 Å². The summed E-state index contributed by atoms with van der Waals surface area (Å²) in [6.07, 6.45) is -0.0440. The first-order chi connectivity index (χ1) is 4.02. The maximum absolute atomic E-state index is 5.18. The molecule has 0 aromatic heterocycles. The summed E-state index contributed by atoms with van der Waals surface area (Å²) in [5, 5.41) is 0. The molecule has 6 N–H and O–H groups in total. The third-order valence-electron chi connectivity index (χ3n) is 1.20. The number of hydrogen-bond acceptors (Lipinski definition) is 4. The summed E-state index contributed by atoms with van der Waals surface area (Å²) < 4.78 is 0. The molecule has 0 heterocycles. The molecule has 56 valence electrons. The van der Waals surface area contributed by atoms with Crippen LogP contribution in [-0.4, -0.2) is 6.17 Å². The summed E-state index contributed by atoms with van der Waals surface area (Å²) in [7, 11) is 0. The summed E-state index contributed by atoms with van der Waals surface area (Å²) in [4.78, 5) is 0. The highest BCUT2D eigenvalue weighted by Crippen LogP contribution is 2.15. The fourth-order valence-electron chi connectivity index (χ4n) is 0.548. The number of hydrogen-bond donors (Lipinski definition) is 4. The maximum atomic E-state index is 5.18. The topological polar surface area (TPSA) is 76.1 Å². The molecule has 0 rings (SSSR count). The first-order valence-electron chi connectivity index (χ1n) is 2.94. The van der Waals surface area contributed by atoms with Crippen LogP contribution in [0, 0.1) is 5.41 Å². The smallest absolute Gasteiger partial charge is 0.0875 e. The van der Waals surface area contributed by atoms with Crippen LogP contribution in [0.5, 0.6) is 0 Å². The van der Waals surface area contributed by atoms with E-state index in [9.17, 15) is 0 Å². The van der Waals surface area contributed by atoms with E-state index in [4.69, 9.17) is 11.7 Å². The Labute approximate surface area is 55.9 Å². The molecule has 0 bridgehead atoms. The Kier molecular flexibility index (Phi) is 3.07. The molecule has 0 aromatic carbocycles. The van der Waals surface area contributed by atoms with Gasteiger partial charge in [0.25, 0.3) is 0 Å². The van der Waals surface area contributed by atoms with Gasteiger partial charge in [-0.2, -0.15) is 0 Å². The molecule has 4 heteroatoms. The van der Waals surface area contributed by atoms with E-state index < -0.39 is 0 Å². The highest BCUT2D eigenvalue weighted by Gasteiger charge is 2.21. The van der Waals surface area contributed by atoms with Crippen molar-refractivity contribution >= 4 is 0 Å². The van der Waals surface area contributed by atoms with E-state index in [0.29, 0.717) is 0 Å². The van der Waals surface area contributed by atoms with E-state index in [1.807, 2.05) is 20.8 Å². The predicted octanol–water partition coefficient (Wildman–Crippen LogP) is -0.715. The van der Waals surface area contributed by atoms with E-state index in [2.05, 4.69) is 10.9 Å². The zero-order chi connectivity index (χ0) is 7.49. The second kappa shape index (κ2) is 3.12. The van der Waals surface area contributed by atoms with Gasteiger partial charge in [-0.3, -0.25) is 11.7 Å². The van der Waals surface area contributed by atoms with Gasteiger partial charge in [-0.25, -0.2) is 10.9 Å². The van der Waals surface area contributed by atoms with Crippen LogP contribution in [0.2, 0.25) is 0 Å². The van der Waals surface area contributed by atoms with Crippen molar-refractivity contribution in [2.24, 2.45) is 17.1 Å².